The maximum absolute atomic E-state index is 12.5. The molecule has 0 amide bonds. The van der Waals surface area contributed by atoms with Crippen molar-refractivity contribution in [1.29, 1.82) is 5.41 Å². The number of alkyl halides is 3. The van der Waals surface area contributed by atoms with Crippen LogP contribution < -0.4 is 10.6 Å². The highest BCUT2D eigenvalue weighted by Gasteiger charge is 2.31. The van der Waals surface area contributed by atoms with E-state index in [0.29, 0.717) is 17.7 Å². The largest absolute Gasteiger partial charge is 0.405 e. The second-order valence-electron chi connectivity index (χ2n) is 3.97. The number of nitrogen functional groups attached to an aromatic ring is 1. The third-order valence-electron chi connectivity index (χ3n) is 2.40. The minimum atomic E-state index is -4.28. The summed E-state index contributed by atoms with van der Waals surface area (Å²) in [6, 6.07) is 6.40. The molecule has 3 nitrogen and oxygen atoms in total. The summed E-state index contributed by atoms with van der Waals surface area (Å²) in [5.41, 5.74) is 6.07. The Morgan fingerprint density at radius 2 is 1.94 bits per heavy atom. The summed E-state index contributed by atoms with van der Waals surface area (Å²) in [5.74, 6) is -0.228. The van der Waals surface area contributed by atoms with E-state index in [1.54, 1.807) is 31.2 Å². The molecule has 0 spiro atoms. The monoisotopic (exact) mass is 259 g/mol. The lowest BCUT2D eigenvalue weighted by Gasteiger charge is -2.27. The van der Waals surface area contributed by atoms with Crippen molar-refractivity contribution >= 4 is 11.5 Å². The van der Waals surface area contributed by atoms with Crippen LogP contribution in [0.2, 0.25) is 0 Å². The van der Waals surface area contributed by atoms with Gasteiger partial charge in [-0.3, -0.25) is 5.41 Å². The average molecular weight is 259 g/mol. The molecule has 0 radical (unpaired) electrons. The van der Waals surface area contributed by atoms with E-state index in [1.165, 1.54) is 4.90 Å². The summed E-state index contributed by atoms with van der Waals surface area (Å²) in [4.78, 5) is 1.21. The first-order chi connectivity index (χ1) is 8.35. The summed E-state index contributed by atoms with van der Waals surface area (Å²) in [5, 5.41) is 7.40. The molecule has 0 saturated heterocycles. The second kappa shape index (κ2) is 5.75. The maximum atomic E-state index is 12.5. The number of nitrogens with zero attached hydrogens (tertiary/aromatic N) is 1. The molecular formula is C12H16F3N3. The van der Waals surface area contributed by atoms with Gasteiger partial charge in [0.1, 0.15) is 12.4 Å². The van der Waals surface area contributed by atoms with Gasteiger partial charge in [0, 0.05) is 17.8 Å². The molecule has 0 aliphatic heterocycles. The number of amidine groups is 1. The van der Waals surface area contributed by atoms with Crippen LogP contribution in [0.1, 0.15) is 18.9 Å². The van der Waals surface area contributed by atoms with Gasteiger partial charge in [-0.2, -0.15) is 13.2 Å². The van der Waals surface area contributed by atoms with Crippen LogP contribution in [0.4, 0.5) is 18.9 Å². The molecule has 1 rings (SSSR count). The molecule has 0 bridgehead atoms. The summed E-state index contributed by atoms with van der Waals surface area (Å²) >= 11 is 0. The van der Waals surface area contributed by atoms with Crippen LogP contribution in [-0.2, 0) is 0 Å². The van der Waals surface area contributed by atoms with Crippen LogP contribution >= 0.6 is 0 Å². The first-order valence-corrected chi connectivity index (χ1v) is 5.60. The molecule has 100 valence electrons. The van der Waals surface area contributed by atoms with E-state index in [-0.39, 0.29) is 12.4 Å². The van der Waals surface area contributed by atoms with Gasteiger partial charge in [0.15, 0.2) is 0 Å². The smallest absolute Gasteiger partial charge is 0.384 e. The quantitative estimate of drug-likeness (QED) is 0.631. The highest BCUT2D eigenvalue weighted by atomic mass is 19.4. The number of hydrogen-bond acceptors (Lipinski definition) is 2. The van der Waals surface area contributed by atoms with Gasteiger partial charge in [-0.05, 0) is 18.6 Å². The van der Waals surface area contributed by atoms with Gasteiger partial charge in [-0.25, -0.2) is 0 Å². The van der Waals surface area contributed by atoms with Gasteiger partial charge < -0.3 is 10.6 Å². The minimum Gasteiger partial charge on any atom is -0.384 e. The van der Waals surface area contributed by atoms with Crippen molar-refractivity contribution in [3.63, 3.8) is 0 Å². The maximum Gasteiger partial charge on any atom is 0.405 e. The van der Waals surface area contributed by atoms with Gasteiger partial charge in [0.25, 0.3) is 0 Å². The Morgan fingerprint density at radius 1 is 1.33 bits per heavy atom. The number of para-hydroxylation sites is 1. The summed E-state index contributed by atoms with van der Waals surface area (Å²) in [7, 11) is 0. The number of hydrogen-bond donors (Lipinski definition) is 2. The number of halogens is 3. The lowest BCUT2D eigenvalue weighted by Crippen LogP contribution is -2.36. The average Bonchev–Trinajstić information content (AvgIpc) is 2.26. The molecule has 0 aliphatic rings. The highest BCUT2D eigenvalue weighted by Crippen LogP contribution is 2.25. The molecule has 0 aromatic heterocycles. The molecular weight excluding hydrogens is 243 g/mol. The minimum absolute atomic E-state index is 0.228. The molecule has 0 atom stereocenters. The van der Waals surface area contributed by atoms with Crippen molar-refractivity contribution in [1.82, 2.24) is 0 Å². The predicted octanol–water partition coefficient (Wildman–Crippen LogP) is 2.75. The molecule has 0 heterocycles. The first kappa shape index (κ1) is 14.3. The van der Waals surface area contributed by atoms with Crippen LogP contribution in [0.15, 0.2) is 24.3 Å². The summed E-state index contributed by atoms with van der Waals surface area (Å²) in [6.07, 6.45) is -3.69. The van der Waals surface area contributed by atoms with Crippen LogP contribution in [0.25, 0.3) is 0 Å². The normalized spacial score (nSPS) is 11.3. The third-order valence-corrected chi connectivity index (χ3v) is 2.40. The van der Waals surface area contributed by atoms with Crippen LogP contribution in [0, 0.1) is 5.41 Å². The number of nitrogens with one attached hydrogen (secondary N) is 1. The molecule has 0 fully saturated rings. The van der Waals surface area contributed by atoms with Gasteiger partial charge in [0.2, 0.25) is 0 Å². The number of anilines is 1. The number of benzene rings is 1. The van der Waals surface area contributed by atoms with Crippen molar-refractivity contribution in [3.8, 4) is 0 Å². The van der Waals surface area contributed by atoms with Crippen molar-refractivity contribution in [2.75, 3.05) is 18.0 Å². The lowest BCUT2D eigenvalue weighted by atomic mass is 10.1. The zero-order valence-electron chi connectivity index (χ0n) is 10.1. The molecule has 1 aromatic rings. The van der Waals surface area contributed by atoms with Gasteiger partial charge in [-0.1, -0.05) is 19.1 Å². The van der Waals surface area contributed by atoms with Crippen LogP contribution in [-0.4, -0.2) is 25.1 Å². The fraction of sp³-hybridized carbons (Fsp3) is 0.417. The topological polar surface area (TPSA) is 53.1 Å². The molecule has 1 aromatic carbocycles. The Hall–Kier alpha value is -1.72. The van der Waals surface area contributed by atoms with Gasteiger partial charge in [-0.15, -0.1) is 0 Å². The van der Waals surface area contributed by atoms with Crippen molar-refractivity contribution in [2.45, 2.75) is 19.5 Å². The van der Waals surface area contributed by atoms with Crippen LogP contribution in [0.3, 0.4) is 0 Å². The highest BCUT2D eigenvalue weighted by molar-refractivity contribution is 6.00. The predicted molar refractivity (Wildman–Crippen MR) is 66.0 cm³/mol. The standard InChI is InChI=1S/C12H16F3N3/c1-2-7-18(8-12(13,14)15)10-6-4-3-5-9(10)11(16)17/h3-6H,2,7-8H2,1H3,(H3,16,17). The molecule has 6 heteroatoms. The molecule has 0 unspecified atom stereocenters. The number of nitrogens with two attached hydrogens (primary N) is 1. The van der Waals surface area contributed by atoms with E-state index in [9.17, 15) is 13.2 Å². The van der Waals surface area contributed by atoms with E-state index in [0.717, 1.165) is 0 Å². The SMILES string of the molecule is CCCN(CC(F)(F)F)c1ccccc1C(=N)N. The van der Waals surface area contributed by atoms with Crippen molar-refractivity contribution in [3.05, 3.63) is 29.8 Å². The van der Waals surface area contributed by atoms with Gasteiger partial charge >= 0.3 is 6.18 Å². The summed E-state index contributed by atoms with van der Waals surface area (Å²) in [6.45, 7) is 1.04. The van der Waals surface area contributed by atoms with E-state index in [1.807, 2.05) is 0 Å². The van der Waals surface area contributed by atoms with E-state index >= 15 is 0 Å². The van der Waals surface area contributed by atoms with Gasteiger partial charge in [0.05, 0.1) is 0 Å². The van der Waals surface area contributed by atoms with E-state index in [2.05, 4.69) is 0 Å². The molecule has 3 N–H and O–H groups in total. The Kier molecular flexibility index (Phi) is 4.58. The Labute approximate surface area is 104 Å². The van der Waals surface area contributed by atoms with Crippen molar-refractivity contribution < 1.29 is 13.2 Å². The zero-order chi connectivity index (χ0) is 13.8. The van der Waals surface area contributed by atoms with E-state index < -0.39 is 12.7 Å². The second-order valence-corrected chi connectivity index (χ2v) is 3.97. The Morgan fingerprint density at radius 3 is 2.44 bits per heavy atom. The van der Waals surface area contributed by atoms with Crippen molar-refractivity contribution in [2.24, 2.45) is 5.73 Å². The Bertz CT molecular complexity index is 415. The number of rotatable bonds is 5. The first-order valence-electron chi connectivity index (χ1n) is 5.60. The zero-order valence-corrected chi connectivity index (χ0v) is 10.1. The Balaban J connectivity index is 3.09. The van der Waals surface area contributed by atoms with Crippen LogP contribution in [0.5, 0.6) is 0 Å². The molecule has 18 heavy (non-hydrogen) atoms. The molecule has 0 saturated carbocycles. The summed E-state index contributed by atoms with van der Waals surface area (Å²) < 4.78 is 37.6. The fourth-order valence-corrected chi connectivity index (χ4v) is 1.75. The lowest BCUT2D eigenvalue weighted by molar-refractivity contribution is -0.119. The molecule has 0 aliphatic carbocycles. The fourth-order valence-electron chi connectivity index (χ4n) is 1.75. The third kappa shape index (κ3) is 3.94. The van der Waals surface area contributed by atoms with E-state index in [4.69, 9.17) is 11.1 Å².